The highest BCUT2D eigenvalue weighted by molar-refractivity contribution is 7.87. The summed E-state index contributed by atoms with van der Waals surface area (Å²) in [5.74, 6) is -12.7. The lowest BCUT2D eigenvalue weighted by Gasteiger charge is -2.35. The number of carboxylic acids is 1. The van der Waals surface area contributed by atoms with Crippen molar-refractivity contribution in [1.82, 2.24) is 5.32 Å². The largest absolute Gasteiger partial charge is 0.573 e. The number of Topliss-reactive ketones (excluding diaryl/α,β-unsaturated/α-hetero) is 2. The number of halogens is 4. The fourth-order valence-corrected chi connectivity index (χ4v) is 16.3. The number of aromatic hydroxyl groups is 2. The molecular weight excluding hydrogens is 1710 g/mol. The number of para-hydroxylation sites is 2. The number of aryl methyl sites for hydroxylation is 1. The zero-order valence-electron chi connectivity index (χ0n) is 71.1. The maximum Gasteiger partial charge on any atom is 0.573 e. The monoisotopic (exact) mass is 1810 g/mol. The Balaban J connectivity index is 0.000000276. The standard InChI is InChI=1S/C42H34F4O14S.C24H38N2O5.C12H16N2O6.C11H12O5/c1-23(47)54-27-17-18-31(30(43)19-27)57-37(50)41(35(49)24-9-5-4-6-10-24,25-13-15-26(16-14-25)58-42(44,45)46)59-38(51)60-61(52,53)22-40-21-28(29(20-34(40)48)39(40,2)3)36-55-32-11-7-8-12-33(32)56-36;1-2-3-4-5-6-7-8-9-10-11-12-13-14-15-18-25-23(27)22-19-20(26(30)31)16-17-21(22)24(28)29;1-18-10-6-8(14(16)17)9(7-11(10)19-2)20-12(15)4-3-5-13;1-7(12)16-11(15)5-3-8-2-4-9(13)6-10(8)14/h4-19,28-29,36H,20-22H2,1-3H3;16-17,19H,2-15,18H2,1H3,(H,25,27)(H,28,29);6-7H,3-5,13H2,1-2H3;2,4,6,13-14H,3,5H2,1H3. The number of unbranched alkanes of at least 4 members (excludes halogenated alkanes) is 13. The lowest BCUT2D eigenvalue weighted by Crippen LogP contribution is -2.50. The first-order chi connectivity index (χ1) is 60.6. The summed E-state index contributed by atoms with van der Waals surface area (Å²) in [5.41, 5.74) is -2.54. The molecule has 1 heterocycles. The van der Waals surface area contributed by atoms with Crippen LogP contribution in [0.5, 0.6) is 57.5 Å². The maximum atomic E-state index is 15.3. The Labute approximate surface area is 733 Å². The van der Waals surface area contributed by atoms with Gasteiger partial charge in [0.2, 0.25) is 17.8 Å². The second-order valence-corrected chi connectivity index (χ2v) is 31.9. The van der Waals surface area contributed by atoms with E-state index in [0.717, 1.165) is 81.6 Å². The highest BCUT2D eigenvalue weighted by Crippen LogP contribution is 2.68. The molecule has 4 atom stereocenters. The number of nitrogens with two attached hydrogens (primary N) is 1. The van der Waals surface area contributed by atoms with Gasteiger partial charge in [-0.05, 0) is 97.7 Å². The van der Waals surface area contributed by atoms with Crippen LogP contribution in [-0.4, -0.2) is 139 Å². The van der Waals surface area contributed by atoms with Crippen molar-refractivity contribution in [2.75, 3.05) is 33.1 Å². The Morgan fingerprint density at radius 1 is 0.641 bits per heavy atom. The number of phenols is 2. The van der Waals surface area contributed by atoms with Gasteiger partial charge in [-0.3, -0.25) is 53.8 Å². The molecule has 2 saturated carbocycles. The number of nitro benzene ring substituents is 2. The Hall–Kier alpha value is -13.3. The third-order valence-corrected chi connectivity index (χ3v) is 22.4. The minimum absolute atomic E-state index is 0.00207. The van der Waals surface area contributed by atoms with E-state index < -0.39 is 149 Å². The molecule has 0 saturated heterocycles. The van der Waals surface area contributed by atoms with Crippen molar-refractivity contribution in [3.8, 4) is 57.5 Å². The summed E-state index contributed by atoms with van der Waals surface area (Å²) >= 11 is 0. The van der Waals surface area contributed by atoms with Crippen LogP contribution in [0, 0.1) is 48.7 Å². The van der Waals surface area contributed by atoms with E-state index in [9.17, 15) is 100.0 Å². The molecule has 39 heteroatoms. The molecule has 690 valence electrons. The van der Waals surface area contributed by atoms with Gasteiger partial charge in [-0.15, -0.1) is 13.2 Å². The number of esters is 5. The number of ether oxygens (including phenoxy) is 10. The predicted octanol–water partition coefficient (Wildman–Crippen LogP) is 16.1. The lowest BCUT2D eigenvalue weighted by atomic mass is 9.70. The number of non-ortho nitro benzene ring substituents is 1. The number of alkyl halides is 3. The quantitative estimate of drug-likeness (QED) is 0.00274. The van der Waals surface area contributed by atoms with Crippen LogP contribution < -0.4 is 48.9 Å². The van der Waals surface area contributed by atoms with Gasteiger partial charge in [-0.1, -0.05) is 165 Å². The molecule has 1 amide bonds. The van der Waals surface area contributed by atoms with E-state index in [1.54, 1.807) is 38.1 Å². The highest BCUT2D eigenvalue weighted by Gasteiger charge is 2.71. The first kappa shape index (κ1) is 102. The fourth-order valence-electron chi connectivity index (χ4n) is 14.7. The molecule has 4 unspecified atom stereocenters. The summed E-state index contributed by atoms with van der Waals surface area (Å²) in [6.45, 7) is 8.58. The number of ketones is 2. The molecule has 0 spiro atoms. The number of carboxylic acid groups (broad SMARTS) is 1. The fraction of sp³-hybridized carbons (Fsp3) is 0.416. The molecule has 3 aliphatic rings. The maximum absolute atomic E-state index is 15.3. The Morgan fingerprint density at radius 3 is 1.77 bits per heavy atom. The minimum atomic E-state index is -5.18. The third-order valence-electron chi connectivity index (χ3n) is 21.1. The molecule has 10 rings (SSSR count). The van der Waals surface area contributed by atoms with Gasteiger partial charge in [0.1, 0.15) is 28.8 Å². The van der Waals surface area contributed by atoms with Crippen molar-refractivity contribution >= 4 is 80.9 Å². The Kier molecular flexibility index (Phi) is 37.6. The topological polar surface area (TPSA) is 491 Å². The van der Waals surface area contributed by atoms with E-state index in [1.807, 2.05) is 0 Å². The van der Waals surface area contributed by atoms with Crippen LogP contribution >= 0.6 is 0 Å². The number of benzene rings is 7. The number of nitrogens with zero attached hydrogens (tertiary/aromatic N) is 2. The van der Waals surface area contributed by atoms with Gasteiger partial charge < -0.3 is 77.9 Å². The summed E-state index contributed by atoms with van der Waals surface area (Å²) < 4.78 is 138. The number of rotatable bonds is 40. The van der Waals surface area contributed by atoms with Crippen molar-refractivity contribution in [2.45, 2.75) is 181 Å². The van der Waals surface area contributed by atoms with Crippen molar-refractivity contribution in [3.63, 3.8) is 0 Å². The van der Waals surface area contributed by atoms with E-state index in [0.29, 0.717) is 66.9 Å². The van der Waals surface area contributed by atoms with E-state index in [-0.39, 0.29) is 94.7 Å². The number of methoxy groups -OCH3 is 2. The lowest BCUT2D eigenvalue weighted by molar-refractivity contribution is -0.385. The van der Waals surface area contributed by atoms with Gasteiger partial charge in [0, 0.05) is 80.6 Å². The summed E-state index contributed by atoms with van der Waals surface area (Å²) in [6, 6.07) is 28.2. The molecule has 7 aromatic rings. The molecular formula is C89H100F4N4O30S. The van der Waals surface area contributed by atoms with Crippen molar-refractivity contribution in [2.24, 2.45) is 28.4 Å². The van der Waals surface area contributed by atoms with Crippen molar-refractivity contribution in [3.05, 3.63) is 199 Å². The number of hydrogen-bond donors (Lipinski definition) is 5. The van der Waals surface area contributed by atoms with E-state index >= 15 is 4.39 Å². The van der Waals surface area contributed by atoms with Crippen LogP contribution in [0.4, 0.5) is 33.7 Å². The second-order valence-electron chi connectivity index (χ2n) is 30.3. The molecule has 1 aliphatic heterocycles. The van der Waals surface area contributed by atoms with Crippen LogP contribution in [-0.2, 0) is 64.6 Å². The van der Waals surface area contributed by atoms with Gasteiger partial charge in [-0.25, -0.2) is 18.8 Å². The number of aromatic carboxylic acids is 1. The molecule has 2 aliphatic carbocycles. The number of carbonyl (C=O) groups excluding carboxylic acids is 9. The van der Waals surface area contributed by atoms with E-state index in [4.69, 9.17) is 52.9 Å². The highest BCUT2D eigenvalue weighted by atomic mass is 32.2. The second kappa shape index (κ2) is 47.3. The summed E-state index contributed by atoms with van der Waals surface area (Å²) in [6.07, 6.45) is 9.88. The number of carbonyl (C=O) groups is 10. The number of nitrogens with one attached hydrogen (secondary N) is 1. The molecule has 2 bridgehead atoms. The number of phenolic OH excluding ortho intramolecular Hbond substituents is 2. The van der Waals surface area contributed by atoms with Crippen LogP contribution in [0.25, 0.3) is 0 Å². The number of nitro groups is 2. The summed E-state index contributed by atoms with van der Waals surface area (Å²) in [5, 5.41) is 52.2. The Bertz CT molecular complexity index is 5200. The van der Waals surface area contributed by atoms with Crippen molar-refractivity contribution in [1.29, 1.82) is 0 Å². The Morgan fingerprint density at radius 2 is 1.23 bits per heavy atom. The molecule has 2 fully saturated rings. The average molecular weight is 1810 g/mol. The van der Waals surface area contributed by atoms with E-state index in [2.05, 4.69) is 21.7 Å². The smallest absolute Gasteiger partial charge is 0.508 e. The first-order valence-corrected chi connectivity index (χ1v) is 42.3. The van der Waals surface area contributed by atoms with Gasteiger partial charge in [-0.2, -0.15) is 8.42 Å². The van der Waals surface area contributed by atoms with Crippen molar-refractivity contribution < 1.29 is 151 Å². The summed E-state index contributed by atoms with van der Waals surface area (Å²) in [4.78, 5) is 145. The zero-order chi connectivity index (χ0) is 94.3. The van der Waals surface area contributed by atoms with Gasteiger partial charge in [0.25, 0.3) is 17.2 Å². The van der Waals surface area contributed by atoms with Gasteiger partial charge in [0.05, 0.1) is 58.8 Å². The number of amides is 1. The molecule has 34 nitrogen and oxygen atoms in total. The normalized spacial score (nSPS) is 15.5. The van der Waals surface area contributed by atoms with Gasteiger partial charge >= 0.3 is 64.1 Å². The predicted molar refractivity (Wildman–Crippen MR) is 447 cm³/mol. The average Bonchev–Trinajstić information content (AvgIpc) is 1.53. The summed E-state index contributed by atoms with van der Waals surface area (Å²) in [7, 11) is -2.44. The SMILES string of the molecule is CC(=O)OC(=O)CCc1ccc(O)cc1O.CC(=O)Oc1ccc(OC(=O)C(OC(=O)OS(=O)(=O)CC23CC(C4Oc5ccccc5O4)C(CC2=O)C3(C)C)(C(=O)c2ccccc2)c2ccc(OC(F)(F)F)cc2)c(F)c1.CCCCCCCCCCCCCCCCNC(=O)c1cc([N+](=O)[O-])ccc1C(=O)O.COc1cc(OC(=O)CCCN)c([N+](=O)[O-])cc1OC. The van der Waals surface area contributed by atoms with Gasteiger partial charge in [0.15, 0.2) is 34.6 Å². The molecule has 0 radical (unpaired) electrons. The van der Waals surface area contributed by atoms with Crippen LogP contribution in [0.3, 0.4) is 0 Å². The van der Waals surface area contributed by atoms with Crippen LogP contribution in [0.15, 0.2) is 146 Å². The number of fused-ring (bicyclic) bond motifs is 3. The number of hydrogen-bond acceptors (Lipinski definition) is 30. The van der Waals surface area contributed by atoms with E-state index in [1.165, 1.54) is 127 Å². The first-order valence-electron chi connectivity index (χ1n) is 40.7. The molecule has 0 aromatic heterocycles. The molecule has 6 N–H and O–H groups in total. The molecule has 7 aromatic carbocycles. The molecule has 128 heavy (non-hydrogen) atoms. The van der Waals surface area contributed by atoms with Crippen LogP contribution in [0.2, 0.25) is 0 Å². The minimum Gasteiger partial charge on any atom is -0.508 e. The third kappa shape index (κ3) is 28.6. The van der Waals surface area contributed by atoms with Crippen LogP contribution in [0.1, 0.15) is 199 Å². The zero-order valence-corrected chi connectivity index (χ0v) is 71.9.